The summed E-state index contributed by atoms with van der Waals surface area (Å²) in [7, 11) is 1.55. The maximum Gasteiger partial charge on any atom is 0.263 e. The molecule has 1 aromatic carbocycles. The Morgan fingerprint density at radius 1 is 1.31 bits per heavy atom. The van der Waals surface area contributed by atoms with Gasteiger partial charge in [-0.1, -0.05) is 11.6 Å². The van der Waals surface area contributed by atoms with Crippen LogP contribution in [-0.2, 0) is 0 Å². The molecule has 4 heteroatoms. The summed E-state index contributed by atoms with van der Waals surface area (Å²) in [6.45, 7) is 0. The molecule has 2 rings (SSSR count). The maximum atomic E-state index is 12.0. The molecule has 0 fully saturated rings. The second-order valence-electron chi connectivity index (χ2n) is 3.24. The van der Waals surface area contributed by atoms with E-state index in [2.05, 4.69) is 0 Å². The number of ether oxygens (including phenoxy) is 1. The van der Waals surface area contributed by atoms with Gasteiger partial charge in [-0.2, -0.15) is 0 Å². The molecular formula is C12H10ClNO2. The van der Waals surface area contributed by atoms with E-state index in [0.717, 1.165) is 0 Å². The van der Waals surface area contributed by atoms with Crippen molar-refractivity contribution in [1.82, 2.24) is 4.57 Å². The van der Waals surface area contributed by atoms with Gasteiger partial charge >= 0.3 is 0 Å². The molecule has 82 valence electrons. The minimum atomic E-state index is -0.155. The van der Waals surface area contributed by atoms with Crippen LogP contribution in [0.15, 0.2) is 42.7 Å². The number of aromatic nitrogens is 1. The first-order valence-corrected chi connectivity index (χ1v) is 5.11. The fourth-order valence-corrected chi connectivity index (χ4v) is 1.66. The van der Waals surface area contributed by atoms with Gasteiger partial charge in [0.05, 0.1) is 17.7 Å². The number of benzene rings is 1. The molecule has 0 aliphatic carbocycles. The summed E-state index contributed by atoms with van der Waals surface area (Å²) in [6, 6.07) is 8.56. The van der Waals surface area contributed by atoms with Crippen LogP contribution in [0.4, 0.5) is 0 Å². The van der Waals surface area contributed by atoms with Crippen molar-refractivity contribution in [1.29, 1.82) is 0 Å². The molecule has 0 N–H and O–H groups in total. The van der Waals surface area contributed by atoms with Crippen molar-refractivity contribution in [3.05, 3.63) is 53.3 Å². The largest absolute Gasteiger partial charge is 0.497 e. The van der Waals surface area contributed by atoms with Gasteiger partial charge in [0.2, 0.25) is 0 Å². The molecule has 1 heterocycles. The molecule has 0 bridgehead atoms. The Bertz CT molecular complexity index is 506. The Kier molecular flexibility index (Phi) is 2.97. The van der Waals surface area contributed by atoms with Gasteiger partial charge in [-0.25, -0.2) is 0 Å². The van der Waals surface area contributed by atoms with Gasteiger partial charge in [-0.3, -0.25) is 9.36 Å². The number of halogens is 1. The van der Waals surface area contributed by atoms with Crippen LogP contribution in [0.2, 0.25) is 5.02 Å². The molecular weight excluding hydrogens is 226 g/mol. The Balaban J connectivity index is 2.38. The highest BCUT2D eigenvalue weighted by atomic mass is 35.5. The summed E-state index contributed by atoms with van der Waals surface area (Å²) in [5.41, 5.74) is 0.457. The fourth-order valence-electron chi connectivity index (χ4n) is 1.41. The molecule has 0 saturated carbocycles. The third-order valence-corrected chi connectivity index (χ3v) is 2.56. The van der Waals surface area contributed by atoms with Crippen molar-refractivity contribution in [2.24, 2.45) is 0 Å². The average molecular weight is 236 g/mol. The molecule has 2 aromatic rings. The minimum Gasteiger partial charge on any atom is -0.497 e. The zero-order valence-corrected chi connectivity index (χ0v) is 9.44. The smallest absolute Gasteiger partial charge is 0.263 e. The molecule has 0 spiro atoms. The second kappa shape index (κ2) is 4.41. The first-order valence-electron chi connectivity index (χ1n) is 4.73. The van der Waals surface area contributed by atoms with Crippen molar-refractivity contribution >= 4 is 17.5 Å². The van der Waals surface area contributed by atoms with E-state index in [-0.39, 0.29) is 5.91 Å². The van der Waals surface area contributed by atoms with Gasteiger partial charge in [0.25, 0.3) is 5.91 Å². The molecule has 0 amide bonds. The van der Waals surface area contributed by atoms with Crippen LogP contribution in [0.1, 0.15) is 10.4 Å². The fraction of sp³-hybridized carbons (Fsp3) is 0.0833. The number of nitrogens with zero attached hydrogens (tertiary/aromatic N) is 1. The maximum absolute atomic E-state index is 12.0. The number of methoxy groups -OCH3 is 1. The monoisotopic (exact) mass is 235 g/mol. The average Bonchev–Trinajstić information content (AvgIpc) is 2.81. The zero-order valence-electron chi connectivity index (χ0n) is 8.68. The van der Waals surface area contributed by atoms with Crippen molar-refractivity contribution in [3.8, 4) is 5.75 Å². The van der Waals surface area contributed by atoms with E-state index in [1.54, 1.807) is 49.8 Å². The highest BCUT2D eigenvalue weighted by Crippen LogP contribution is 2.23. The SMILES string of the molecule is COc1ccc(C(=O)n2cccc2)c(Cl)c1. The summed E-state index contributed by atoms with van der Waals surface area (Å²) in [5, 5.41) is 0.387. The number of carbonyl (C=O) groups excluding carboxylic acids is 1. The van der Waals surface area contributed by atoms with Gasteiger partial charge in [-0.15, -0.1) is 0 Å². The van der Waals surface area contributed by atoms with E-state index in [1.165, 1.54) is 4.57 Å². The molecule has 0 atom stereocenters. The molecule has 0 unspecified atom stereocenters. The molecule has 0 aliphatic heterocycles. The van der Waals surface area contributed by atoms with E-state index in [9.17, 15) is 4.79 Å². The third-order valence-electron chi connectivity index (χ3n) is 2.25. The van der Waals surface area contributed by atoms with E-state index < -0.39 is 0 Å². The molecule has 0 radical (unpaired) electrons. The van der Waals surface area contributed by atoms with Gasteiger partial charge in [0, 0.05) is 12.4 Å². The van der Waals surface area contributed by atoms with Crippen LogP contribution in [0.25, 0.3) is 0 Å². The molecule has 3 nitrogen and oxygen atoms in total. The zero-order chi connectivity index (χ0) is 11.5. The summed E-state index contributed by atoms with van der Waals surface area (Å²) in [4.78, 5) is 12.0. The minimum absolute atomic E-state index is 0.155. The van der Waals surface area contributed by atoms with Crippen LogP contribution in [0, 0.1) is 0 Å². The topological polar surface area (TPSA) is 31.2 Å². The lowest BCUT2D eigenvalue weighted by atomic mass is 10.2. The van der Waals surface area contributed by atoms with Crippen LogP contribution in [0.3, 0.4) is 0 Å². The van der Waals surface area contributed by atoms with Gasteiger partial charge < -0.3 is 4.74 Å². The Morgan fingerprint density at radius 3 is 2.56 bits per heavy atom. The van der Waals surface area contributed by atoms with Crippen molar-refractivity contribution in [3.63, 3.8) is 0 Å². The predicted molar refractivity (Wildman–Crippen MR) is 62.2 cm³/mol. The Labute approximate surface area is 98.2 Å². The van der Waals surface area contributed by atoms with Crippen LogP contribution in [-0.4, -0.2) is 17.6 Å². The second-order valence-corrected chi connectivity index (χ2v) is 3.65. The first-order chi connectivity index (χ1) is 7.72. The van der Waals surface area contributed by atoms with E-state index in [1.807, 2.05) is 0 Å². The Morgan fingerprint density at radius 2 is 2.00 bits per heavy atom. The number of rotatable bonds is 2. The molecule has 0 aliphatic rings. The van der Waals surface area contributed by atoms with E-state index in [0.29, 0.717) is 16.3 Å². The van der Waals surface area contributed by atoms with E-state index >= 15 is 0 Å². The van der Waals surface area contributed by atoms with Crippen molar-refractivity contribution < 1.29 is 9.53 Å². The molecule has 0 saturated heterocycles. The van der Waals surface area contributed by atoms with Gasteiger partial charge in [0.15, 0.2) is 0 Å². The quantitative estimate of drug-likeness (QED) is 0.802. The first kappa shape index (κ1) is 10.8. The summed E-state index contributed by atoms with van der Waals surface area (Å²) >= 11 is 6.01. The predicted octanol–water partition coefficient (Wildman–Crippen LogP) is 2.84. The van der Waals surface area contributed by atoms with Crippen LogP contribution >= 0.6 is 11.6 Å². The molecule has 1 aromatic heterocycles. The standard InChI is InChI=1S/C12H10ClNO2/c1-16-9-4-5-10(11(13)8-9)12(15)14-6-2-3-7-14/h2-8H,1H3. The summed E-state index contributed by atoms with van der Waals surface area (Å²) in [6.07, 6.45) is 3.37. The lowest BCUT2D eigenvalue weighted by Crippen LogP contribution is -2.10. The van der Waals surface area contributed by atoms with Crippen LogP contribution in [0.5, 0.6) is 5.75 Å². The van der Waals surface area contributed by atoms with Gasteiger partial charge in [0.1, 0.15) is 5.75 Å². The number of hydrogen-bond donors (Lipinski definition) is 0. The Hall–Kier alpha value is -1.74. The lowest BCUT2D eigenvalue weighted by Gasteiger charge is -2.06. The third kappa shape index (κ3) is 1.95. The summed E-state index contributed by atoms with van der Waals surface area (Å²) < 4.78 is 6.50. The highest BCUT2D eigenvalue weighted by Gasteiger charge is 2.12. The van der Waals surface area contributed by atoms with Crippen LogP contribution < -0.4 is 4.74 Å². The highest BCUT2D eigenvalue weighted by molar-refractivity contribution is 6.34. The lowest BCUT2D eigenvalue weighted by molar-refractivity contribution is 0.0960. The van der Waals surface area contributed by atoms with Crippen molar-refractivity contribution in [2.45, 2.75) is 0 Å². The number of carbonyl (C=O) groups is 1. The normalized spacial score (nSPS) is 10.1. The van der Waals surface area contributed by atoms with Gasteiger partial charge in [-0.05, 0) is 30.3 Å². The van der Waals surface area contributed by atoms with E-state index in [4.69, 9.17) is 16.3 Å². The molecule has 16 heavy (non-hydrogen) atoms. The van der Waals surface area contributed by atoms with Crippen molar-refractivity contribution in [2.75, 3.05) is 7.11 Å². The number of hydrogen-bond acceptors (Lipinski definition) is 2. The summed E-state index contributed by atoms with van der Waals surface area (Å²) in [5.74, 6) is 0.478.